The van der Waals surface area contributed by atoms with Crippen LogP contribution in [0.2, 0.25) is 5.15 Å². The molecule has 64 valence electrons. The number of rotatable bonds is 0. The Hall–Kier alpha value is 0.390. The van der Waals surface area contributed by atoms with Gasteiger partial charge in [-0.05, 0) is 15.9 Å². The van der Waals surface area contributed by atoms with E-state index in [2.05, 4.69) is 26.0 Å². The molecule has 2 aromatic heterocycles. The summed E-state index contributed by atoms with van der Waals surface area (Å²) in [6.45, 7) is 0. The van der Waals surface area contributed by atoms with E-state index in [1.165, 1.54) is 0 Å². The molecular weight excluding hydrogens is 264 g/mol. The maximum absolute atomic E-state index is 5.88. The molecule has 2 heterocycles. The number of nitrogens with zero attached hydrogens (tertiary/aromatic N) is 3. The Balaban J connectivity index is 0.000000845. The Bertz CT molecular complexity index is 448. The van der Waals surface area contributed by atoms with Gasteiger partial charge in [0.15, 0.2) is 5.15 Å². The summed E-state index contributed by atoms with van der Waals surface area (Å²) in [6.07, 6.45) is 3.43. The monoisotopic (exact) mass is 269 g/mol. The van der Waals surface area contributed by atoms with E-state index in [0.717, 1.165) is 15.4 Å². The van der Waals surface area contributed by atoms with Crippen molar-refractivity contribution in [2.75, 3.05) is 0 Å². The zero-order chi connectivity index (χ0) is 8.72. The molecule has 0 spiro atoms. The third-order valence-corrected chi connectivity index (χ3v) is 2.59. The smallest absolute Gasteiger partial charge is 1.00 e. The zero-order valence-corrected chi connectivity index (χ0v) is 11.6. The second-order valence-electron chi connectivity index (χ2n) is 2.43. The topological polar surface area (TPSA) is 30.7 Å². The normalized spacial score (nSPS) is 10.1. The second kappa shape index (κ2) is 4.28. The third-order valence-electron chi connectivity index (χ3n) is 1.68. The molecule has 0 unspecified atom stereocenters. The zero-order valence-electron chi connectivity index (χ0n) is 8.25. The SMILES string of the molecule is Cn1ncc2c(Br)cnc(Cl)c21.[H-].[Na+]. The summed E-state index contributed by atoms with van der Waals surface area (Å²) in [6, 6.07) is 0. The molecule has 0 aliphatic rings. The minimum Gasteiger partial charge on any atom is -1.00 e. The molecule has 0 bridgehead atoms. The van der Waals surface area contributed by atoms with Crippen molar-refractivity contribution in [1.29, 1.82) is 0 Å². The van der Waals surface area contributed by atoms with Gasteiger partial charge in [-0.25, -0.2) is 4.98 Å². The molecule has 0 aliphatic heterocycles. The van der Waals surface area contributed by atoms with Crippen molar-refractivity contribution in [2.45, 2.75) is 0 Å². The first-order valence-electron chi connectivity index (χ1n) is 3.32. The van der Waals surface area contributed by atoms with Gasteiger partial charge in [-0.1, -0.05) is 11.6 Å². The van der Waals surface area contributed by atoms with E-state index in [-0.39, 0.29) is 31.0 Å². The van der Waals surface area contributed by atoms with E-state index in [1.54, 1.807) is 17.1 Å². The first kappa shape index (κ1) is 11.5. The molecule has 2 rings (SSSR count). The quantitative estimate of drug-likeness (QED) is 0.477. The Morgan fingerprint density at radius 2 is 2.23 bits per heavy atom. The molecule has 0 aromatic carbocycles. The van der Waals surface area contributed by atoms with Gasteiger partial charge in [-0.3, -0.25) is 4.68 Å². The minimum atomic E-state index is 0. The molecule has 13 heavy (non-hydrogen) atoms. The van der Waals surface area contributed by atoms with E-state index >= 15 is 0 Å². The van der Waals surface area contributed by atoms with Crippen LogP contribution >= 0.6 is 27.5 Å². The van der Waals surface area contributed by atoms with Crippen LogP contribution in [0.3, 0.4) is 0 Å². The predicted octanol–water partition coefficient (Wildman–Crippen LogP) is -0.499. The number of hydrogen-bond acceptors (Lipinski definition) is 2. The molecule has 3 nitrogen and oxygen atoms in total. The number of fused-ring (bicyclic) bond motifs is 1. The molecule has 0 fully saturated rings. The largest absolute Gasteiger partial charge is 1.00 e. The van der Waals surface area contributed by atoms with Crippen LogP contribution in [0.15, 0.2) is 16.9 Å². The van der Waals surface area contributed by atoms with Gasteiger partial charge in [0.05, 0.1) is 6.20 Å². The number of aryl methyl sites for hydroxylation is 1. The van der Waals surface area contributed by atoms with Crippen LogP contribution < -0.4 is 29.6 Å². The molecule has 0 radical (unpaired) electrons. The third kappa shape index (κ3) is 1.92. The van der Waals surface area contributed by atoms with Crippen LogP contribution in [0.5, 0.6) is 0 Å². The molecule has 0 amide bonds. The van der Waals surface area contributed by atoms with Crippen molar-refractivity contribution in [3.8, 4) is 0 Å². The van der Waals surface area contributed by atoms with E-state index < -0.39 is 0 Å². The number of hydrogen-bond donors (Lipinski definition) is 0. The van der Waals surface area contributed by atoms with Crippen LogP contribution in [0.1, 0.15) is 1.43 Å². The van der Waals surface area contributed by atoms with E-state index in [4.69, 9.17) is 11.6 Å². The van der Waals surface area contributed by atoms with Crippen LogP contribution in [0.25, 0.3) is 10.9 Å². The Kier molecular flexibility index (Phi) is 3.77. The minimum absolute atomic E-state index is 0. The Morgan fingerprint density at radius 1 is 1.54 bits per heavy atom. The van der Waals surface area contributed by atoms with Crippen molar-refractivity contribution < 1.29 is 31.0 Å². The molecule has 0 N–H and O–H groups in total. The molecular formula is C7H6BrClN3Na. The average molecular weight is 270 g/mol. The van der Waals surface area contributed by atoms with Crippen molar-refractivity contribution >= 4 is 38.4 Å². The fourth-order valence-electron chi connectivity index (χ4n) is 1.10. The van der Waals surface area contributed by atoms with Gasteiger partial charge in [-0.15, -0.1) is 0 Å². The summed E-state index contributed by atoms with van der Waals surface area (Å²) >= 11 is 9.25. The summed E-state index contributed by atoms with van der Waals surface area (Å²) in [4.78, 5) is 4.00. The van der Waals surface area contributed by atoms with Gasteiger partial charge in [0, 0.05) is 23.1 Å². The first-order chi connectivity index (χ1) is 5.70. The average Bonchev–Trinajstić information content (AvgIpc) is 2.42. The van der Waals surface area contributed by atoms with E-state index in [0.29, 0.717) is 5.15 Å². The Labute approximate surface area is 112 Å². The van der Waals surface area contributed by atoms with Crippen molar-refractivity contribution in [3.05, 3.63) is 22.0 Å². The van der Waals surface area contributed by atoms with Gasteiger partial charge < -0.3 is 1.43 Å². The maximum atomic E-state index is 5.88. The number of pyridine rings is 1. The van der Waals surface area contributed by atoms with Gasteiger partial charge in [0.1, 0.15) is 5.52 Å². The standard InChI is InChI=1S/C7H5BrClN3.Na.H/c1-12-6-4(2-11-12)5(8)3-10-7(6)9;;/h2-3H,1H3;;/q;+1;-1. The van der Waals surface area contributed by atoms with Crippen LogP contribution in [-0.4, -0.2) is 14.8 Å². The van der Waals surface area contributed by atoms with Crippen LogP contribution in [-0.2, 0) is 7.05 Å². The number of halogens is 2. The first-order valence-corrected chi connectivity index (χ1v) is 4.49. The van der Waals surface area contributed by atoms with E-state index in [1.807, 2.05) is 7.05 Å². The van der Waals surface area contributed by atoms with Gasteiger partial charge in [0.25, 0.3) is 0 Å². The predicted molar refractivity (Wildman–Crippen MR) is 52.3 cm³/mol. The molecule has 0 saturated heterocycles. The fourth-order valence-corrected chi connectivity index (χ4v) is 1.77. The van der Waals surface area contributed by atoms with Gasteiger partial charge in [0.2, 0.25) is 0 Å². The molecule has 0 atom stereocenters. The summed E-state index contributed by atoms with van der Waals surface area (Å²) in [5, 5.41) is 5.54. The molecule has 6 heteroatoms. The Morgan fingerprint density at radius 3 is 2.85 bits per heavy atom. The van der Waals surface area contributed by atoms with Gasteiger partial charge in [-0.2, -0.15) is 5.10 Å². The summed E-state index contributed by atoms with van der Waals surface area (Å²) in [5.41, 5.74) is 0.853. The molecule has 0 aliphatic carbocycles. The van der Waals surface area contributed by atoms with Crippen LogP contribution in [0.4, 0.5) is 0 Å². The van der Waals surface area contributed by atoms with E-state index in [9.17, 15) is 0 Å². The summed E-state index contributed by atoms with van der Waals surface area (Å²) < 4.78 is 2.62. The van der Waals surface area contributed by atoms with Crippen molar-refractivity contribution in [1.82, 2.24) is 14.8 Å². The maximum Gasteiger partial charge on any atom is 1.00 e. The van der Waals surface area contributed by atoms with Crippen molar-refractivity contribution in [3.63, 3.8) is 0 Å². The summed E-state index contributed by atoms with van der Waals surface area (Å²) in [5.74, 6) is 0. The molecule has 2 aromatic rings. The van der Waals surface area contributed by atoms with Crippen molar-refractivity contribution in [2.24, 2.45) is 7.05 Å². The summed E-state index contributed by atoms with van der Waals surface area (Å²) in [7, 11) is 1.84. The second-order valence-corrected chi connectivity index (χ2v) is 3.64. The molecule has 0 saturated carbocycles. The van der Waals surface area contributed by atoms with Crippen LogP contribution in [0, 0.1) is 0 Å². The fraction of sp³-hybridized carbons (Fsp3) is 0.143. The number of aromatic nitrogens is 3. The van der Waals surface area contributed by atoms with Gasteiger partial charge >= 0.3 is 29.6 Å².